The standard InChI is InChI=1S/C20H20O7/c1-20(2,26)6-5-11-14(22)8-16(24)17-18(25)12(9-27-19(11)17)10-3-4-13(21)15(23)7-10/h3-4,7-9,21-24,26H,5-6H2,1-2H3. The van der Waals surface area contributed by atoms with Gasteiger partial charge in [-0.3, -0.25) is 4.79 Å². The molecule has 0 saturated heterocycles. The van der Waals surface area contributed by atoms with Crippen molar-refractivity contribution >= 4 is 11.0 Å². The zero-order valence-corrected chi connectivity index (χ0v) is 14.9. The Hall–Kier alpha value is -3.19. The fraction of sp³-hybridized carbons (Fsp3) is 0.250. The molecule has 27 heavy (non-hydrogen) atoms. The quantitative estimate of drug-likeness (QED) is 0.445. The summed E-state index contributed by atoms with van der Waals surface area (Å²) in [7, 11) is 0. The molecule has 1 aromatic heterocycles. The summed E-state index contributed by atoms with van der Waals surface area (Å²) < 4.78 is 5.56. The van der Waals surface area contributed by atoms with Gasteiger partial charge in [0, 0.05) is 11.6 Å². The van der Waals surface area contributed by atoms with E-state index in [1.807, 2.05) is 0 Å². The second-order valence-corrected chi connectivity index (χ2v) is 7.09. The Morgan fingerprint density at radius 1 is 0.963 bits per heavy atom. The zero-order valence-electron chi connectivity index (χ0n) is 14.9. The molecule has 142 valence electrons. The molecule has 0 atom stereocenters. The molecule has 0 fully saturated rings. The number of benzene rings is 2. The van der Waals surface area contributed by atoms with Gasteiger partial charge in [0.25, 0.3) is 0 Å². The van der Waals surface area contributed by atoms with Crippen molar-refractivity contribution < 1.29 is 29.9 Å². The summed E-state index contributed by atoms with van der Waals surface area (Å²) in [5.74, 6) is -1.39. The normalized spacial score (nSPS) is 11.8. The highest BCUT2D eigenvalue weighted by Gasteiger charge is 2.21. The zero-order chi connectivity index (χ0) is 19.9. The number of phenolic OH excluding ortho intramolecular Hbond substituents is 4. The van der Waals surface area contributed by atoms with Gasteiger partial charge >= 0.3 is 0 Å². The molecule has 0 bridgehead atoms. The van der Waals surface area contributed by atoms with Crippen LogP contribution in [0.1, 0.15) is 25.8 Å². The second kappa shape index (κ2) is 6.51. The van der Waals surface area contributed by atoms with Crippen LogP contribution in [0.15, 0.2) is 39.7 Å². The van der Waals surface area contributed by atoms with E-state index in [1.54, 1.807) is 13.8 Å². The highest BCUT2D eigenvalue weighted by atomic mass is 16.3. The Balaban J connectivity index is 2.21. The fourth-order valence-electron chi connectivity index (χ4n) is 2.89. The molecular weight excluding hydrogens is 352 g/mol. The number of hydrogen-bond donors (Lipinski definition) is 5. The fourth-order valence-corrected chi connectivity index (χ4v) is 2.89. The van der Waals surface area contributed by atoms with Crippen LogP contribution in [0, 0.1) is 0 Å². The Bertz CT molecular complexity index is 1070. The van der Waals surface area contributed by atoms with Crippen molar-refractivity contribution in [1.29, 1.82) is 0 Å². The Morgan fingerprint density at radius 2 is 1.67 bits per heavy atom. The van der Waals surface area contributed by atoms with Gasteiger partial charge in [-0.05, 0) is 44.4 Å². The average Bonchev–Trinajstić information content (AvgIpc) is 2.56. The molecule has 2 aromatic carbocycles. The van der Waals surface area contributed by atoms with E-state index in [9.17, 15) is 30.3 Å². The first-order valence-electron chi connectivity index (χ1n) is 8.32. The molecule has 0 aliphatic carbocycles. The van der Waals surface area contributed by atoms with Crippen LogP contribution in [0.3, 0.4) is 0 Å². The number of aryl methyl sites for hydroxylation is 1. The van der Waals surface area contributed by atoms with Crippen molar-refractivity contribution in [3.05, 3.63) is 46.3 Å². The van der Waals surface area contributed by atoms with E-state index in [2.05, 4.69) is 0 Å². The summed E-state index contributed by atoms with van der Waals surface area (Å²) >= 11 is 0. The van der Waals surface area contributed by atoms with Crippen molar-refractivity contribution in [1.82, 2.24) is 0 Å². The van der Waals surface area contributed by atoms with Crippen LogP contribution in [0.2, 0.25) is 0 Å². The van der Waals surface area contributed by atoms with E-state index in [0.29, 0.717) is 17.5 Å². The predicted molar refractivity (Wildman–Crippen MR) is 99.2 cm³/mol. The molecule has 3 rings (SSSR count). The van der Waals surface area contributed by atoms with E-state index in [-0.39, 0.29) is 34.5 Å². The van der Waals surface area contributed by atoms with Crippen LogP contribution in [-0.2, 0) is 6.42 Å². The summed E-state index contributed by atoms with van der Waals surface area (Å²) in [5.41, 5.74) is -0.821. The first-order valence-corrected chi connectivity index (χ1v) is 8.32. The van der Waals surface area contributed by atoms with Crippen LogP contribution in [0.4, 0.5) is 0 Å². The van der Waals surface area contributed by atoms with Crippen molar-refractivity contribution in [3.8, 4) is 34.1 Å². The number of phenols is 4. The van der Waals surface area contributed by atoms with Gasteiger partial charge in [0.2, 0.25) is 5.43 Å². The van der Waals surface area contributed by atoms with E-state index in [1.165, 1.54) is 24.5 Å². The summed E-state index contributed by atoms with van der Waals surface area (Å²) in [5, 5.41) is 49.3. The first-order chi connectivity index (χ1) is 12.6. The second-order valence-electron chi connectivity index (χ2n) is 7.09. The van der Waals surface area contributed by atoms with Gasteiger partial charge in [0.05, 0.1) is 11.2 Å². The molecule has 7 heteroatoms. The average molecular weight is 372 g/mol. The number of aromatic hydroxyl groups is 4. The molecule has 0 aliphatic heterocycles. The number of rotatable bonds is 4. The van der Waals surface area contributed by atoms with E-state index < -0.39 is 22.5 Å². The first kappa shape index (κ1) is 18.6. The monoisotopic (exact) mass is 372 g/mol. The van der Waals surface area contributed by atoms with Gasteiger partial charge in [-0.1, -0.05) is 6.07 Å². The van der Waals surface area contributed by atoms with Crippen molar-refractivity contribution in [2.45, 2.75) is 32.3 Å². The molecule has 1 heterocycles. The third kappa shape index (κ3) is 3.54. The molecule has 0 amide bonds. The highest BCUT2D eigenvalue weighted by Crippen LogP contribution is 2.36. The van der Waals surface area contributed by atoms with Gasteiger partial charge in [0.1, 0.15) is 28.7 Å². The van der Waals surface area contributed by atoms with Crippen LogP contribution in [0.25, 0.3) is 22.1 Å². The third-order valence-corrected chi connectivity index (χ3v) is 4.38. The highest BCUT2D eigenvalue weighted by molar-refractivity contribution is 5.90. The maximum atomic E-state index is 12.9. The maximum absolute atomic E-state index is 12.9. The van der Waals surface area contributed by atoms with Gasteiger partial charge < -0.3 is 29.9 Å². The lowest BCUT2D eigenvalue weighted by molar-refractivity contribution is 0.0713. The van der Waals surface area contributed by atoms with Crippen molar-refractivity contribution in [2.24, 2.45) is 0 Å². The Morgan fingerprint density at radius 3 is 2.30 bits per heavy atom. The van der Waals surface area contributed by atoms with Crippen molar-refractivity contribution in [3.63, 3.8) is 0 Å². The largest absolute Gasteiger partial charge is 0.507 e. The van der Waals surface area contributed by atoms with Gasteiger partial charge in [-0.25, -0.2) is 0 Å². The summed E-state index contributed by atoms with van der Waals surface area (Å²) in [4.78, 5) is 12.9. The Kier molecular flexibility index (Phi) is 4.49. The SMILES string of the molecule is CC(C)(O)CCc1c(O)cc(O)c2c(=O)c(-c3ccc(O)c(O)c3)coc12. The molecule has 5 N–H and O–H groups in total. The molecule has 7 nitrogen and oxygen atoms in total. The lowest BCUT2D eigenvalue weighted by Crippen LogP contribution is -2.19. The van der Waals surface area contributed by atoms with E-state index >= 15 is 0 Å². The van der Waals surface area contributed by atoms with Gasteiger partial charge in [0.15, 0.2) is 11.5 Å². The topological polar surface area (TPSA) is 131 Å². The number of hydrogen-bond acceptors (Lipinski definition) is 7. The number of aliphatic hydroxyl groups is 1. The van der Waals surface area contributed by atoms with Crippen LogP contribution in [-0.4, -0.2) is 31.1 Å². The molecule has 0 radical (unpaired) electrons. The van der Waals surface area contributed by atoms with Crippen LogP contribution in [0.5, 0.6) is 23.0 Å². The van der Waals surface area contributed by atoms with Gasteiger partial charge in [-0.2, -0.15) is 0 Å². The molecular formula is C20H20O7. The smallest absolute Gasteiger partial charge is 0.204 e. The molecule has 0 spiro atoms. The molecule has 0 aliphatic rings. The van der Waals surface area contributed by atoms with Crippen LogP contribution < -0.4 is 5.43 Å². The summed E-state index contributed by atoms with van der Waals surface area (Å²) in [6.07, 6.45) is 1.70. The molecule has 0 saturated carbocycles. The minimum atomic E-state index is -0.986. The Labute approximate surface area is 154 Å². The lowest BCUT2D eigenvalue weighted by atomic mass is 9.96. The minimum absolute atomic E-state index is 0.0356. The van der Waals surface area contributed by atoms with E-state index in [4.69, 9.17) is 4.42 Å². The van der Waals surface area contributed by atoms with E-state index in [0.717, 1.165) is 6.07 Å². The molecule has 3 aromatic rings. The number of fused-ring (bicyclic) bond motifs is 1. The molecule has 0 unspecified atom stereocenters. The van der Waals surface area contributed by atoms with Crippen LogP contribution >= 0.6 is 0 Å². The lowest BCUT2D eigenvalue weighted by Gasteiger charge is -2.18. The van der Waals surface area contributed by atoms with Gasteiger partial charge in [-0.15, -0.1) is 0 Å². The van der Waals surface area contributed by atoms with Crippen molar-refractivity contribution in [2.75, 3.05) is 0 Å². The minimum Gasteiger partial charge on any atom is -0.507 e. The third-order valence-electron chi connectivity index (χ3n) is 4.38. The predicted octanol–water partition coefficient (Wildman–Crippen LogP) is 2.99. The summed E-state index contributed by atoms with van der Waals surface area (Å²) in [6.45, 7) is 3.25. The maximum Gasteiger partial charge on any atom is 0.204 e. The summed E-state index contributed by atoms with van der Waals surface area (Å²) in [6, 6.07) is 4.94.